The van der Waals surface area contributed by atoms with E-state index in [2.05, 4.69) is 32.9 Å². The van der Waals surface area contributed by atoms with Crippen LogP contribution in [-0.2, 0) is 24.2 Å². The van der Waals surface area contributed by atoms with Gasteiger partial charge >= 0.3 is 0 Å². The number of piperazine rings is 1. The van der Waals surface area contributed by atoms with Gasteiger partial charge in [0.25, 0.3) is 5.91 Å². The molecule has 0 aliphatic carbocycles. The van der Waals surface area contributed by atoms with Crippen LogP contribution in [0, 0.1) is 0 Å². The van der Waals surface area contributed by atoms with E-state index in [1.165, 1.54) is 4.88 Å². The molecule has 3 rings (SSSR count). The van der Waals surface area contributed by atoms with Crippen LogP contribution in [0.1, 0.15) is 32.7 Å². The molecule has 1 saturated heterocycles. The van der Waals surface area contributed by atoms with Crippen molar-refractivity contribution in [1.29, 1.82) is 0 Å². The number of thiazole rings is 1. The Hall–Kier alpha value is -2.94. The Morgan fingerprint density at radius 2 is 2.10 bits per heavy atom. The van der Waals surface area contributed by atoms with Gasteiger partial charge in [0.2, 0.25) is 5.91 Å². The van der Waals surface area contributed by atoms with Crippen LogP contribution in [0.5, 0.6) is 0 Å². The molecule has 160 valence electrons. The number of carbonyl (C=O) groups excluding carboxylic acids is 2. The number of nitrogens with zero attached hydrogens (tertiary/aromatic N) is 3. The first-order valence-corrected chi connectivity index (χ1v) is 10.9. The summed E-state index contributed by atoms with van der Waals surface area (Å²) in [7, 11) is 1.74. The quantitative estimate of drug-likeness (QED) is 0.454. The molecule has 0 bridgehead atoms. The highest BCUT2D eigenvalue weighted by Crippen LogP contribution is 2.13. The molecule has 0 spiro atoms. The molecule has 0 unspecified atom stereocenters. The van der Waals surface area contributed by atoms with Crippen molar-refractivity contribution in [2.45, 2.75) is 26.3 Å². The number of amides is 2. The van der Waals surface area contributed by atoms with Crippen molar-refractivity contribution in [3.05, 3.63) is 51.5 Å². The van der Waals surface area contributed by atoms with Crippen LogP contribution in [0.4, 0.5) is 0 Å². The van der Waals surface area contributed by atoms with Crippen molar-refractivity contribution in [3.8, 4) is 0 Å². The highest BCUT2D eigenvalue weighted by Gasteiger charge is 2.22. The Kier molecular flexibility index (Phi) is 7.78. The largest absolute Gasteiger partial charge is 0.356 e. The lowest BCUT2D eigenvalue weighted by molar-refractivity contribution is -0.123. The molecule has 8 nitrogen and oxygen atoms in total. The average Bonchev–Trinajstić information content (AvgIpc) is 3.24. The summed E-state index contributed by atoms with van der Waals surface area (Å²) in [6.07, 6.45) is 3.82. The number of aliphatic imine (C=N–C) groups is 1. The summed E-state index contributed by atoms with van der Waals surface area (Å²) in [4.78, 5) is 35.6. The zero-order valence-corrected chi connectivity index (χ0v) is 18.2. The summed E-state index contributed by atoms with van der Waals surface area (Å²) < 4.78 is 0. The van der Waals surface area contributed by atoms with Crippen LogP contribution >= 0.6 is 11.3 Å². The lowest BCUT2D eigenvalue weighted by Gasteiger charge is -2.26. The summed E-state index contributed by atoms with van der Waals surface area (Å²) >= 11 is 1.75. The summed E-state index contributed by atoms with van der Waals surface area (Å²) in [5, 5.41) is 10.4. The molecule has 9 heteroatoms. The van der Waals surface area contributed by atoms with Crippen molar-refractivity contribution in [2.75, 3.05) is 33.2 Å². The second-order valence-electron chi connectivity index (χ2n) is 6.95. The molecule has 1 fully saturated rings. The van der Waals surface area contributed by atoms with Gasteiger partial charge in [-0.05, 0) is 24.1 Å². The molecule has 3 N–H and O–H groups in total. The van der Waals surface area contributed by atoms with E-state index >= 15 is 0 Å². The first kappa shape index (κ1) is 21.8. The minimum Gasteiger partial charge on any atom is -0.356 e. The van der Waals surface area contributed by atoms with Crippen LogP contribution in [0.15, 0.2) is 35.5 Å². The SMILES string of the molecule is CCc1cnc(CCNC(=NC)NCc2ccc(C(=O)N3CCNC(=O)C3)cc2)s1. The van der Waals surface area contributed by atoms with Crippen LogP contribution in [-0.4, -0.2) is 60.9 Å². The van der Waals surface area contributed by atoms with Gasteiger partial charge in [-0.3, -0.25) is 14.6 Å². The van der Waals surface area contributed by atoms with E-state index in [0.717, 1.165) is 35.9 Å². The fourth-order valence-corrected chi connectivity index (χ4v) is 3.94. The number of aromatic nitrogens is 1. The molecule has 0 saturated carbocycles. The zero-order chi connectivity index (χ0) is 21.3. The second kappa shape index (κ2) is 10.7. The Bertz CT molecular complexity index is 893. The van der Waals surface area contributed by atoms with Crippen LogP contribution in [0.25, 0.3) is 0 Å². The van der Waals surface area contributed by atoms with Gasteiger partial charge in [-0.1, -0.05) is 19.1 Å². The smallest absolute Gasteiger partial charge is 0.254 e. The molecular weight excluding hydrogens is 400 g/mol. The van der Waals surface area contributed by atoms with Crippen LogP contribution in [0.3, 0.4) is 0 Å². The second-order valence-corrected chi connectivity index (χ2v) is 8.15. The first-order valence-electron chi connectivity index (χ1n) is 10.1. The number of nitrogens with one attached hydrogen (secondary N) is 3. The van der Waals surface area contributed by atoms with Gasteiger partial charge in [-0.25, -0.2) is 4.98 Å². The van der Waals surface area contributed by atoms with E-state index in [9.17, 15) is 9.59 Å². The predicted octanol–water partition coefficient (Wildman–Crippen LogP) is 1.19. The maximum Gasteiger partial charge on any atom is 0.254 e. The predicted molar refractivity (Wildman–Crippen MR) is 119 cm³/mol. The number of guanidine groups is 1. The topological polar surface area (TPSA) is 98.7 Å². The molecule has 1 aromatic heterocycles. The molecular formula is C21H28N6O2S. The van der Waals surface area contributed by atoms with Gasteiger partial charge in [-0.15, -0.1) is 11.3 Å². The average molecular weight is 429 g/mol. The Morgan fingerprint density at radius 1 is 1.30 bits per heavy atom. The van der Waals surface area contributed by atoms with Crippen molar-refractivity contribution < 1.29 is 9.59 Å². The fourth-order valence-electron chi connectivity index (χ4n) is 3.08. The summed E-state index contributed by atoms with van der Waals surface area (Å²) in [6.45, 7) is 4.64. The minimum absolute atomic E-state index is 0.116. The van der Waals surface area contributed by atoms with Crippen molar-refractivity contribution >= 4 is 29.1 Å². The third-order valence-corrected chi connectivity index (χ3v) is 5.99. The van der Waals surface area contributed by atoms with Crippen molar-refractivity contribution in [2.24, 2.45) is 4.99 Å². The molecule has 30 heavy (non-hydrogen) atoms. The van der Waals surface area contributed by atoms with Crippen LogP contribution < -0.4 is 16.0 Å². The van der Waals surface area contributed by atoms with E-state index in [-0.39, 0.29) is 18.4 Å². The summed E-state index contributed by atoms with van der Waals surface area (Å²) in [5.41, 5.74) is 1.63. The van der Waals surface area contributed by atoms with E-state index in [0.29, 0.717) is 25.2 Å². The molecule has 2 amide bonds. The number of hydrogen-bond acceptors (Lipinski definition) is 5. The molecule has 1 aliphatic heterocycles. The normalized spacial score (nSPS) is 14.4. The number of benzene rings is 1. The molecule has 1 aliphatic rings. The fraction of sp³-hybridized carbons (Fsp3) is 0.429. The maximum absolute atomic E-state index is 12.5. The summed E-state index contributed by atoms with van der Waals surface area (Å²) in [5.74, 6) is 0.493. The Morgan fingerprint density at radius 3 is 2.77 bits per heavy atom. The van der Waals surface area contributed by atoms with E-state index in [1.54, 1.807) is 35.4 Å². The highest BCUT2D eigenvalue weighted by molar-refractivity contribution is 7.11. The molecule has 2 heterocycles. The van der Waals surface area contributed by atoms with E-state index in [1.807, 2.05) is 18.3 Å². The third kappa shape index (κ3) is 6.03. The van der Waals surface area contributed by atoms with Crippen molar-refractivity contribution in [1.82, 2.24) is 25.8 Å². The Balaban J connectivity index is 1.45. The first-order chi connectivity index (χ1) is 14.6. The van der Waals surface area contributed by atoms with Gasteiger partial charge in [0, 0.05) is 56.3 Å². The molecule has 0 radical (unpaired) electrons. The van der Waals surface area contributed by atoms with E-state index in [4.69, 9.17) is 0 Å². The van der Waals surface area contributed by atoms with Gasteiger partial charge in [-0.2, -0.15) is 0 Å². The Labute approximate surface area is 180 Å². The highest BCUT2D eigenvalue weighted by atomic mass is 32.1. The molecule has 0 atom stereocenters. The van der Waals surface area contributed by atoms with Crippen LogP contribution in [0.2, 0.25) is 0 Å². The maximum atomic E-state index is 12.5. The van der Waals surface area contributed by atoms with Gasteiger partial charge in [0.15, 0.2) is 5.96 Å². The third-order valence-electron chi connectivity index (χ3n) is 4.79. The number of rotatable bonds is 7. The number of hydrogen-bond donors (Lipinski definition) is 3. The minimum atomic E-state index is -0.116. The molecule has 2 aromatic rings. The number of aryl methyl sites for hydroxylation is 1. The van der Waals surface area contributed by atoms with Gasteiger partial charge in [0.1, 0.15) is 0 Å². The lowest BCUT2D eigenvalue weighted by atomic mass is 10.1. The van der Waals surface area contributed by atoms with Gasteiger partial charge < -0.3 is 20.9 Å². The van der Waals surface area contributed by atoms with Crippen molar-refractivity contribution in [3.63, 3.8) is 0 Å². The lowest BCUT2D eigenvalue weighted by Crippen LogP contribution is -2.49. The summed E-state index contributed by atoms with van der Waals surface area (Å²) in [6, 6.07) is 7.43. The van der Waals surface area contributed by atoms with E-state index < -0.39 is 0 Å². The number of carbonyl (C=O) groups is 2. The standard InChI is InChI=1S/C21H28N6O2S/c1-3-17-13-25-19(30-17)8-9-24-21(22-2)26-12-15-4-6-16(7-5-15)20(29)27-11-10-23-18(28)14-27/h4-7,13H,3,8-12,14H2,1-2H3,(H,23,28)(H2,22,24,26). The zero-order valence-electron chi connectivity index (χ0n) is 17.4. The monoisotopic (exact) mass is 428 g/mol. The van der Waals surface area contributed by atoms with Gasteiger partial charge in [0.05, 0.1) is 11.6 Å². The molecule has 1 aromatic carbocycles.